The van der Waals surface area contributed by atoms with Gasteiger partial charge in [-0.2, -0.15) is 0 Å². The first-order valence-electron chi connectivity index (χ1n) is 5.25. The van der Waals surface area contributed by atoms with Crippen LogP contribution >= 0.6 is 23.2 Å². The quantitative estimate of drug-likeness (QED) is 0.732. The summed E-state index contributed by atoms with van der Waals surface area (Å²) in [7, 11) is 0. The molecule has 0 bridgehead atoms. The van der Waals surface area contributed by atoms with Crippen molar-refractivity contribution in [2.24, 2.45) is 0 Å². The van der Waals surface area contributed by atoms with E-state index in [9.17, 15) is 9.18 Å². The molecule has 0 radical (unpaired) electrons. The molecule has 92 valence electrons. The molecule has 18 heavy (non-hydrogen) atoms. The first kappa shape index (κ1) is 13.1. The lowest BCUT2D eigenvalue weighted by Crippen LogP contribution is -2.04. The van der Waals surface area contributed by atoms with E-state index in [-0.39, 0.29) is 16.4 Å². The SMILES string of the molecule is Cc1ccc(Cl)cc1C(=O)c1ccc(F)cc1Cl. The van der Waals surface area contributed by atoms with Crippen LogP contribution in [0.25, 0.3) is 0 Å². The molecule has 0 saturated heterocycles. The maximum Gasteiger partial charge on any atom is 0.194 e. The normalized spacial score (nSPS) is 10.4. The highest BCUT2D eigenvalue weighted by atomic mass is 35.5. The van der Waals surface area contributed by atoms with Crippen LogP contribution in [0.1, 0.15) is 21.5 Å². The smallest absolute Gasteiger partial charge is 0.194 e. The number of rotatable bonds is 2. The average Bonchev–Trinajstić information content (AvgIpc) is 2.31. The summed E-state index contributed by atoms with van der Waals surface area (Å²) in [4.78, 5) is 12.3. The molecule has 0 aliphatic carbocycles. The van der Waals surface area contributed by atoms with Gasteiger partial charge in [-0.25, -0.2) is 4.39 Å². The molecule has 0 amide bonds. The van der Waals surface area contributed by atoms with Crippen molar-refractivity contribution in [1.82, 2.24) is 0 Å². The van der Waals surface area contributed by atoms with Gasteiger partial charge in [0.1, 0.15) is 5.82 Å². The lowest BCUT2D eigenvalue weighted by molar-refractivity contribution is 0.103. The minimum absolute atomic E-state index is 0.0966. The van der Waals surface area contributed by atoms with Gasteiger partial charge in [-0.05, 0) is 42.8 Å². The molecule has 0 spiro atoms. The van der Waals surface area contributed by atoms with Crippen molar-refractivity contribution in [2.75, 3.05) is 0 Å². The van der Waals surface area contributed by atoms with Crippen LogP contribution in [0.5, 0.6) is 0 Å². The molecule has 0 aromatic heterocycles. The maximum absolute atomic E-state index is 12.9. The van der Waals surface area contributed by atoms with Gasteiger partial charge in [0.15, 0.2) is 5.78 Å². The number of hydrogen-bond acceptors (Lipinski definition) is 1. The van der Waals surface area contributed by atoms with Gasteiger partial charge in [-0.1, -0.05) is 29.3 Å². The highest BCUT2D eigenvalue weighted by Crippen LogP contribution is 2.24. The van der Waals surface area contributed by atoms with Gasteiger partial charge in [0.2, 0.25) is 0 Å². The van der Waals surface area contributed by atoms with E-state index in [4.69, 9.17) is 23.2 Å². The molecule has 4 heteroatoms. The Labute approximate surface area is 114 Å². The summed E-state index contributed by atoms with van der Waals surface area (Å²) >= 11 is 11.7. The van der Waals surface area contributed by atoms with Gasteiger partial charge in [-0.3, -0.25) is 4.79 Å². The predicted octanol–water partition coefficient (Wildman–Crippen LogP) is 4.67. The van der Waals surface area contributed by atoms with Gasteiger partial charge in [0.05, 0.1) is 5.02 Å². The fraction of sp³-hybridized carbons (Fsp3) is 0.0714. The molecule has 0 aliphatic rings. The van der Waals surface area contributed by atoms with E-state index in [2.05, 4.69) is 0 Å². The Morgan fingerprint density at radius 3 is 2.44 bits per heavy atom. The summed E-state index contributed by atoms with van der Waals surface area (Å²) in [5.74, 6) is -0.737. The first-order valence-corrected chi connectivity index (χ1v) is 6.00. The third-order valence-corrected chi connectivity index (χ3v) is 3.17. The summed E-state index contributed by atoms with van der Waals surface area (Å²) in [6.45, 7) is 1.81. The number of carbonyl (C=O) groups excluding carboxylic acids is 1. The van der Waals surface area contributed by atoms with Crippen LogP contribution in [0, 0.1) is 12.7 Å². The van der Waals surface area contributed by atoms with E-state index < -0.39 is 5.82 Å². The Balaban J connectivity index is 2.51. The van der Waals surface area contributed by atoms with Gasteiger partial charge in [-0.15, -0.1) is 0 Å². The number of halogens is 3. The first-order chi connectivity index (χ1) is 8.49. The number of carbonyl (C=O) groups is 1. The minimum Gasteiger partial charge on any atom is -0.289 e. The van der Waals surface area contributed by atoms with Gasteiger partial charge >= 0.3 is 0 Å². The second-order valence-corrected chi connectivity index (χ2v) is 4.76. The van der Waals surface area contributed by atoms with Crippen LogP contribution in [-0.4, -0.2) is 5.78 Å². The number of benzene rings is 2. The molecule has 1 nitrogen and oxygen atoms in total. The molecular weight excluding hydrogens is 274 g/mol. The van der Waals surface area contributed by atoms with Crippen LogP contribution in [0.2, 0.25) is 10.0 Å². The largest absolute Gasteiger partial charge is 0.289 e. The van der Waals surface area contributed by atoms with Crippen molar-refractivity contribution in [1.29, 1.82) is 0 Å². The number of ketones is 1. The molecule has 0 unspecified atom stereocenters. The zero-order valence-corrected chi connectivity index (χ0v) is 11.0. The Morgan fingerprint density at radius 1 is 1.06 bits per heavy atom. The van der Waals surface area contributed by atoms with Crippen molar-refractivity contribution in [3.8, 4) is 0 Å². The molecule has 2 aromatic rings. The van der Waals surface area contributed by atoms with Crippen molar-refractivity contribution >= 4 is 29.0 Å². The van der Waals surface area contributed by atoms with Gasteiger partial charge < -0.3 is 0 Å². The van der Waals surface area contributed by atoms with E-state index in [1.54, 1.807) is 25.1 Å². The second kappa shape index (κ2) is 5.09. The molecule has 2 aromatic carbocycles. The van der Waals surface area contributed by atoms with Crippen molar-refractivity contribution in [3.63, 3.8) is 0 Å². The van der Waals surface area contributed by atoms with Crippen LogP contribution in [0.3, 0.4) is 0 Å². The van der Waals surface area contributed by atoms with Crippen molar-refractivity contribution in [2.45, 2.75) is 6.92 Å². The molecule has 0 heterocycles. The second-order valence-electron chi connectivity index (χ2n) is 3.91. The summed E-state index contributed by atoms with van der Waals surface area (Å²) in [6, 6.07) is 8.75. The summed E-state index contributed by atoms with van der Waals surface area (Å²) in [5.41, 5.74) is 1.53. The maximum atomic E-state index is 12.9. The lowest BCUT2D eigenvalue weighted by atomic mass is 9.99. The summed E-state index contributed by atoms with van der Waals surface area (Å²) < 4.78 is 12.9. The Bertz CT molecular complexity index is 623. The highest BCUT2D eigenvalue weighted by molar-refractivity contribution is 6.35. The Hall–Kier alpha value is -1.38. The Kier molecular flexibility index (Phi) is 3.69. The molecule has 0 fully saturated rings. The van der Waals surface area contributed by atoms with E-state index in [1.165, 1.54) is 12.1 Å². The zero-order chi connectivity index (χ0) is 13.3. The van der Waals surface area contributed by atoms with E-state index in [1.807, 2.05) is 0 Å². The molecule has 2 rings (SSSR count). The third kappa shape index (κ3) is 2.55. The van der Waals surface area contributed by atoms with Crippen LogP contribution in [0.15, 0.2) is 36.4 Å². The highest BCUT2D eigenvalue weighted by Gasteiger charge is 2.15. The minimum atomic E-state index is -0.473. The average molecular weight is 283 g/mol. The number of aryl methyl sites for hydroxylation is 1. The standard InChI is InChI=1S/C14H9Cl2FO/c1-8-2-3-9(15)6-12(8)14(18)11-5-4-10(17)7-13(11)16/h2-7H,1H3. The topological polar surface area (TPSA) is 17.1 Å². The molecule has 0 aliphatic heterocycles. The molecule has 0 N–H and O–H groups in total. The summed E-state index contributed by atoms with van der Waals surface area (Å²) in [5, 5.41) is 0.571. The van der Waals surface area contributed by atoms with Gasteiger partial charge in [0.25, 0.3) is 0 Å². The van der Waals surface area contributed by atoms with Crippen LogP contribution in [-0.2, 0) is 0 Å². The zero-order valence-electron chi connectivity index (χ0n) is 9.51. The molecule has 0 atom stereocenters. The summed E-state index contributed by atoms with van der Waals surface area (Å²) in [6.07, 6.45) is 0. The van der Waals surface area contributed by atoms with Gasteiger partial charge in [0, 0.05) is 16.1 Å². The van der Waals surface area contributed by atoms with Crippen LogP contribution in [0.4, 0.5) is 4.39 Å². The van der Waals surface area contributed by atoms with Crippen molar-refractivity contribution in [3.05, 3.63) is 69.0 Å². The lowest BCUT2D eigenvalue weighted by Gasteiger charge is -2.07. The number of hydrogen-bond donors (Lipinski definition) is 0. The fourth-order valence-electron chi connectivity index (χ4n) is 1.66. The Morgan fingerprint density at radius 2 is 1.78 bits per heavy atom. The third-order valence-electron chi connectivity index (χ3n) is 2.62. The monoisotopic (exact) mass is 282 g/mol. The van der Waals surface area contributed by atoms with E-state index in [0.717, 1.165) is 11.6 Å². The van der Waals surface area contributed by atoms with Crippen LogP contribution < -0.4 is 0 Å². The van der Waals surface area contributed by atoms with E-state index in [0.29, 0.717) is 10.6 Å². The molecule has 0 saturated carbocycles. The molecular formula is C14H9Cl2FO. The van der Waals surface area contributed by atoms with Crippen molar-refractivity contribution < 1.29 is 9.18 Å². The predicted molar refractivity (Wildman–Crippen MR) is 71.0 cm³/mol. The van der Waals surface area contributed by atoms with E-state index >= 15 is 0 Å². The fourth-order valence-corrected chi connectivity index (χ4v) is 2.08.